The maximum atomic E-state index is 12.4. The van der Waals surface area contributed by atoms with Crippen LogP contribution >= 0.6 is 0 Å². The minimum Gasteiger partial charge on any atom is -0.358 e. The number of pyridine rings is 1. The quantitative estimate of drug-likeness (QED) is 0.781. The third-order valence-corrected chi connectivity index (χ3v) is 3.51. The molecule has 88 valence electrons. The third kappa shape index (κ3) is 1.67. The molecule has 1 aliphatic rings. The Hall–Kier alpha value is -1.61. The molecule has 0 atom stereocenters. The first kappa shape index (κ1) is 10.5. The summed E-state index contributed by atoms with van der Waals surface area (Å²) in [6.07, 6.45) is 1.88. The van der Waals surface area contributed by atoms with Crippen molar-refractivity contribution in [3.05, 3.63) is 45.2 Å². The lowest BCUT2D eigenvalue weighted by molar-refractivity contribution is 0.629. The van der Waals surface area contributed by atoms with Crippen LogP contribution in [-0.2, 0) is 19.4 Å². The number of benzene rings is 1. The molecule has 0 spiro atoms. The zero-order valence-corrected chi connectivity index (χ0v) is 9.97. The minimum absolute atomic E-state index is 0.191. The molecule has 17 heavy (non-hydrogen) atoms. The Kier molecular flexibility index (Phi) is 2.48. The number of fused-ring (bicyclic) bond motifs is 2. The summed E-state index contributed by atoms with van der Waals surface area (Å²) in [7, 11) is 0. The molecular formula is C14H16N2O. The maximum Gasteiger partial charge on any atom is 0.194 e. The summed E-state index contributed by atoms with van der Waals surface area (Å²) in [4.78, 5) is 15.8. The van der Waals surface area contributed by atoms with Gasteiger partial charge in [-0.15, -0.1) is 0 Å². The van der Waals surface area contributed by atoms with E-state index in [-0.39, 0.29) is 5.43 Å². The summed E-state index contributed by atoms with van der Waals surface area (Å²) in [5.74, 6) is 0. The van der Waals surface area contributed by atoms with Crippen molar-refractivity contribution in [2.24, 2.45) is 0 Å². The van der Waals surface area contributed by atoms with Crippen molar-refractivity contribution >= 4 is 10.9 Å². The van der Waals surface area contributed by atoms with E-state index in [1.54, 1.807) is 0 Å². The van der Waals surface area contributed by atoms with Crippen molar-refractivity contribution in [2.75, 3.05) is 6.54 Å². The molecule has 0 aliphatic carbocycles. The highest BCUT2D eigenvalue weighted by atomic mass is 16.1. The van der Waals surface area contributed by atoms with Gasteiger partial charge in [0.15, 0.2) is 5.43 Å². The summed E-state index contributed by atoms with van der Waals surface area (Å²) in [5, 5.41) is 4.08. The molecule has 3 heteroatoms. The normalized spacial score (nSPS) is 14.9. The van der Waals surface area contributed by atoms with Gasteiger partial charge in [0.25, 0.3) is 0 Å². The van der Waals surface area contributed by atoms with Gasteiger partial charge in [-0.05, 0) is 24.1 Å². The fourth-order valence-corrected chi connectivity index (χ4v) is 2.47. The zero-order chi connectivity index (χ0) is 11.8. The fraction of sp³-hybridized carbons (Fsp3) is 0.357. The molecule has 3 nitrogen and oxygen atoms in total. The van der Waals surface area contributed by atoms with Crippen molar-refractivity contribution in [1.29, 1.82) is 0 Å². The Morgan fingerprint density at radius 1 is 1.35 bits per heavy atom. The number of hydrogen-bond acceptors (Lipinski definition) is 2. The second kappa shape index (κ2) is 4.00. The first-order valence-corrected chi connectivity index (χ1v) is 6.17. The van der Waals surface area contributed by atoms with Crippen LogP contribution in [0.3, 0.4) is 0 Å². The van der Waals surface area contributed by atoms with Crippen LogP contribution in [0.15, 0.2) is 23.0 Å². The highest BCUT2D eigenvalue weighted by Gasteiger charge is 2.15. The summed E-state index contributed by atoms with van der Waals surface area (Å²) in [5.41, 5.74) is 4.39. The standard InChI is InChI=1S/C14H16N2O/c1-2-9-3-4-12-10(7-9)14(17)11-8-15-6-5-13(11)16-12/h3-4,7,15H,2,5-6,8H2,1H3,(H,16,17). The molecule has 0 unspecified atom stereocenters. The van der Waals surface area contributed by atoms with Crippen LogP contribution in [0.25, 0.3) is 10.9 Å². The van der Waals surface area contributed by atoms with Gasteiger partial charge in [0.2, 0.25) is 0 Å². The number of hydrogen-bond donors (Lipinski definition) is 2. The number of aromatic nitrogens is 1. The molecule has 0 fully saturated rings. The Morgan fingerprint density at radius 3 is 3.06 bits per heavy atom. The molecule has 0 saturated carbocycles. The Balaban J connectivity index is 2.33. The van der Waals surface area contributed by atoms with Crippen LogP contribution in [0.5, 0.6) is 0 Å². The summed E-state index contributed by atoms with van der Waals surface area (Å²) in [6, 6.07) is 6.13. The van der Waals surface area contributed by atoms with E-state index in [1.807, 2.05) is 12.1 Å². The molecule has 2 aromatic rings. The highest BCUT2D eigenvalue weighted by Crippen LogP contribution is 2.16. The van der Waals surface area contributed by atoms with E-state index >= 15 is 0 Å². The number of aryl methyl sites for hydroxylation is 1. The van der Waals surface area contributed by atoms with Crippen molar-refractivity contribution in [2.45, 2.75) is 26.3 Å². The Labute approximate surface area is 99.9 Å². The van der Waals surface area contributed by atoms with E-state index in [4.69, 9.17) is 0 Å². The second-order valence-corrected chi connectivity index (χ2v) is 4.57. The molecule has 1 aliphatic heterocycles. The number of nitrogens with one attached hydrogen (secondary N) is 2. The van der Waals surface area contributed by atoms with Gasteiger partial charge in [-0.3, -0.25) is 4.79 Å². The Bertz CT molecular complexity index is 628. The highest BCUT2D eigenvalue weighted by molar-refractivity contribution is 5.80. The van der Waals surface area contributed by atoms with Crippen molar-refractivity contribution in [3.8, 4) is 0 Å². The van der Waals surface area contributed by atoms with Crippen LogP contribution in [0.2, 0.25) is 0 Å². The predicted octanol–water partition coefficient (Wildman–Crippen LogP) is 1.74. The fourth-order valence-electron chi connectivity index (χ4n) is 2.47. The molecule has 2 heterocycles. The lowest BCUT2D eigenvalue weighted by atomic mass is 10.0. The van der Waals surface area contributed by atoms with Crippen LogP contribution in [0.1, 0.15) is 23.7 Å². The van der Waals surface area contributed by atoms with Gasteiger partial charge < -0.3 is 10.3 Å². The van der Waals surface area contributed by atoms with Gasteiger partial charge >= 0.3 is 0 Å². The molecule has 0 bridgehead atoms. The number of H-pyrrole nitrogens is 1. The molecular weight excluding hydrogens is 212 g/mol. The lowest BCUT2D eigenvalue weighted by Crippen LogP contribution is -2.30. The predicted molar refractivity (Wildman–Crippen MR) is 69.4 cm³/mol. The lowest BCUT2D eigenvalue weighted by Gasteiger charge is -2.17. The maximum absolute atomic E-state index is 12.4. The van der Waals surface area contributed by atoms with Crippen molar-refractivity contribution in [1.82, 2.24) is 10.3 Å². The average Bonchev–Trinajstić information content (AvgIpc) is 2.39. The first-order valence-electron chi connectivity index (χ1n) is 6.17. The van der Waals surface area contributed by atoms with Crippen LogP contribution < -0.4 is 10.7 Å². The van der Waals surface area contributed by atoms with Gasteiger partial charge in [-0.25, -0.2) is 0 Å². The largest absolute Gasteiger partial charge is 0.358 e. The van der Waals surface area contributed by atoms with E-state index < -0.39 is 0 Å². The Morgan fingerprint density at radius 2 is 2.24 bits per heavy atom. The van der Waals surface area contributed by atoms with Crippen LogP contribution in [-0.4, -0.2) is 11.5 Å². The zero-order valence-electron chi connectivity index (χ0n) is 9.97. The number of rotatable bonds is 1. The molecule has 3 rings (SSSR count). The monoisotopic (exact) mass is 228 g/mol. The van der Waals surface area contributed by atoms with Crippen LogP contribution in [0, 0.1) is 0 Å². The summed E-state index contributed by atoms with van der Waals surface area (Å²) >= 11 is 0. The average molecular weight is 228 g/mol. The molecule has 0 amide bonds. The van der Waals surface area contributed by atoms with Gasteiger partial charge in [0.1, 0.15) is 0 Å². The van der Waals surface area contributed by atoms with E-state index in [1.165, 1.54) is 5.56 Å². The van der Waals surface area contributed by atoms with Crippen molar-refractivity contribution < 1.29 is 0 Å². The summed E-state index contributed by atoms with van der Waals surface area (Å²) < 4.78 is 0. The van der Waals surface area contributed by atoms with Gasteiger partial charge in [-0.1, -0.05) is 13.0 Å². The first-order chi connectivity index (χ1) is 8.29. The molecule has 2 N–H and O–H groups in total. The molecule has 0 radical (unpaired) electrons. The van der Waals surface area contributed by atoms with Gasteiger partial charge in [0.05, 0.1) is 0 Å². The van der Waals surface area contributed by atoms with Gasteiger partial charge in [-0.2, -0.15) is 0 Å². The molecule has 0 saturated heterocycles. The van der Waals surface area contributed by atoms with Crippen molar-refractivity contribution in [3.63, 3.8) is 0 Å². The molecule has 1 aromatic carbocycles. The number of aromatic amines is 1. The third-order valence-electron chi connectivity index (χ3n) is 3.51. The second-order valence-electron chi connectivity index (χ2n) is 4.57. The van der Waals surface area contributed by atoms with E-state index in [9.17, 15) is 4.79 Å². The minimum atomic E-state index is 0.191. The van der Waals surface area contributed by atoms with E-state index in [0.717, 1.165) is 41.5 Å². The smallest absolute Gasteiger partial charge is 0.194 e. The molecule has 1 aromatic heterocycles. The topological polar surface area (TPSA) is 44.9 Å². The van der Waals surface area contributed by atoms with Gasteiger partial charge in [0, 0.05) is 41.7 Å². The van der Waals surface area contributed by atoms with Crippen LogP contribution in [0.4, 0.5) is 0 Å². The van der Waals surface area contributed by atoms with E-state index in [2.05, 4.69) is 23.3 Å². The van der Waals surface area contributed by atoms with E-state index in [0.29, 0.717) is 6.54 Å². The summed E-state index contributed by atoms with van der Waals surface area (Å²) in [6.45, 7) is 3.74. The SMILES string of the molecule is CCc1ccc2[nH]c3c(c(=O)c2c1)CNCC3.